The van der Waals surface area contributed by atoms with Crippen LogP contribution < -0.4 is 10.2 Å². The van der Waals surface area contributed by atoms with Crippen molar-refractivity contribution in [3.05, 3.63) is 47.7 Å². The molecule has 1 amide bonds. The molecule has 0 atom stereocenters. The number of hydrogen-bond acceptors (Lipinski definition) is 6. The maximum absolute atomic E-state index is 12.5. The number of pyridine rings is 1. The van der Waals surface area contributed by atoms with Gasteiger partial charge in [0.05, 0.1) is 0 Å². The van der Waals surface area contributed by atoms with Gasteiger partial charge in [-0.15, -0.1) is 10.2 Å². The van der Waals surface area contributed by atoms with Crippen LogP contribution in [0.2, 0.25) is 0 Å². The lowest BCUT2D eigenvalue weighted by molar-refractivity contribution is 0.0948. The van der Waals surface area contributed by atoms with Crippen LogP contribution in [0.1, 0.15) is 34.8 Å². The van der Waals surface area contributed by atoms with Crippen LogP contribution in [0.3, 0.4) is 0 Å². The van der Waals surface area contributed by atoms with E-state index in [4.69, 9.17) is 0 Å². The van der Waals surface area contributed by atoms with Crippen LogP contribution in [-0.4, -0.2) is 50.1 Å². The Bertz CT molecular complexity index is 930. The Morgan fingerprint density at radius 1 is 1.19 bits per heavy atom. The number of fused-ring (bicyclic) bond motifs is 1. The average molecular weight is 351 g/mol. The summed E-state index contributed by atoms with van der Waals surface area (Å²) in [7, 11) is 0. The number of carbonyl (C=O) groups excluding carboxylic acids is 1. The molecule has 26 heavy (non-hydrogen) atoms. The molecule has 0 aliphatic carbocycles. The van der Waals surface area contributed by atoms with Gasteiger partial charge in [-0.3, -0.25) is 9.20 Å². The number of anilines is 1. The second-order valence-electron chi connectivity index (χ2n) is 6.44. The molecule has 8 nitrogen and oxygen atoms in total. The predicted molar refractivity (Wildman–Crippen MR) is 97.2 cm³/mol. The van der Waals surface area contributed by atoms with Crippen molar-refractivity contribution in [3.8, 4) is 0 Å². The molecule has 1 fully saturated rings. The third-order valence-electron chi connectivity index (χ3n) is 4.48. The van der Waals surface area contributed by atoms with Gasteiger partial charge in [-0.25, -0.2) is 9.97 Å². The molecule has 0 saturated carbocycles. The quantitative estimate of drug-likeness (QED) is 0.747. The number of nitrogens with zero attached hydrogens (tertiary/aromatic N) is 6. The summed E-state index contributed by atoms with van der Waals surface area (Å²) in [6.45, 7) is 4.26. The number of amides is 1. The Morgan fingerprint density at radius 2 is 2.04 bits per heavy atom. The first-order valence-corrected chi connectivity index (χ1v) is 8.88. The molecule has 1 N–H and O–H groups in total. The third-order valence-corrected chi connectivity index (χ3v) is 4.48. The summed E-state index contributed by atoms with van der Waals surface area (Å²) in [5, 5.41) is 11.2. The number of carbonyl (C=O) groups is 1. The van der Waals surface area contributed by atoms with Crippen LogP contribution in [0.4, 0.5) is 5.95 Å². The fraction of sp³-hybridized carbons (Fsp3) is 0.389. The molecule has 0 radical (unpaired) electrons. The predicted octanol–water partition coefficient (Wildman–Crippen LogP) is 1.40. The first kappa shape index (κ1) is 16.4. The van der Waals surface area contributed by atoms with E-state index in [-0.39, 0.29) is 5.91 Å². The van der Waals surface area contributed by atoms with Crippen molar-refractivity contribution in [2.75, 3.05) is 24.5 Å². The minimum absolute atomic E-state index is 0.190. The van der Waals surface area contributed by atoms with E-state index in [9.17, 15) is 4.79 Å². The molecule has 3 aromatic heterocycles. The summed E-state index contributed by atoms with van der Waals surface area (Å²) in [5.74, 6) is 1.28. The van der Waals surface area contributed by atoms with E-state index in [1.165, 1.54) is 0 Å². The molecule has 1 aliphatic rings. The maximum atomic E-state index is 12.5. The smallest absolute Gasteiger partial charge is 0.270 e. The van der Waals surface area contributed by atoms with Crippen LogP contribution in [0, 0.1) is 6.92 Å². The minimum Gasteiger partial charge on any atom is -0.350 e. The fourth-order valence-corrected chi connectivity index (χ4v) is 3.17. The van der Waals surface area contributed by atoms with Gasteiger partial charge in [0, 0.05) is 37.9 Å². The normalized spacial score (nSPS) is 14.1. The zero-order chi connectivity index (χ0) is 17.9. The monoisotopic (exact) mass is 351 g/mol. The zero-order valence-corrected chi connectivity index (χ0v) is 14.7. The summed E-state index contributed by atoms with van der Waals surface area (Å²) >= 11 is 0. The Labute approximate surface area is 151 Å². The van der Waals surface area contributed by atoms with Gasteiger partial charge in [-0.2, -0.15) is 0 Å². The molecular weight excluding hydrogens is 330 g/mol. The fourth-order valence-electron chi connectivity index (χ4n) is 3.17. The van der Waals surface area contributed by atoms with Gasteiger partial charge in [0.15, 0.2) is 5.65 Å². The van der Waals surface area contributed by atoms with Crippen LogP contribution in [0.15, 0.2) is 30.5 Å². The van der Waals surface area contributed by atoms with E-state index >= 15 is 0 Å². The van der Waals surface area contributed by atoms with Crippen molar-refractivity contribution >= 4 is 17.5 Å². The first-order chi connectivity index (χ1) is 12.7. The molecule has 0 bridgehead atoms. The summed E-state index contributed by atoms with van der Waals surface area (Å²) in [6.07, 6.45) is 4.80. The molecule has 8 heteroatoms. The number of rotatable bonds is 5. The lowest BCUT2D eigenvalue weighted by Crippen LogP contribution is -2.28. The Morgan fingerprint density at radius 3 is 2.88 bits per heavy atom. The summed E-state index contributed by atoms with van der Waals surface area (Å²) in [6, 6.07) is 7.48. The topological polar surface area (TPSA) is 88.3 Å². The van der Waals surface area contributed by atoms with Crippen molar-refractivity contribution < 1.29 is 4.79 Å². The lowest BCUT2D eigenvalue weighted by Gasteiger charge is -2.16. The third kappa shape index (κ3) is 3.35. The van der Waals surface area contributed by atoms with Gasteiger partial charge in [0.25, 0.3) is 5.91 Å². The van der Waals surface area contributed by atoms with Gasteiger partial charge < -0.3 is 10.2 Å². The van der Waals surface area contributed by atoms with E-state index in [2.05, 4.69) is 30.4 Å². The van der Waals surface area contributed by atoms with E-state index in [1.807, 2.05) is 35.7 Å². The highest BCUT2D eigenvalue weighted by Crippen LogP contribution is 2.16. The number of aryl methyl sites for hydroxylation is 1. The maximum Gasteiger partial charge on any atom is 0.270 e. The zero-order valence-electron chi connectivity index (χ0n) is 14.7. The Kier molecular flexibility index (Phi) is 4.47. The number of aromatic nitrogens is 5. The van der Waals surface area contributed by atoms with Crippen LogP contribution in [-0.2, 0) is 6.42 Å². The largest absolute Gasteiger partial charge is 0.350 e. The lowest BCUT2D eigenvalue weighted by atomic mass is 10.3. The van der Waals surface area contributed by atoms with Crippen molar-refractivity contribution in [1.82, 2.24) is 29.9 Å². The van der Waals surface area contributed by atoms with Gasteiger partial charge in [0.1, 0.15) is 11.5 Å². The van der Waals surface area contributed by atoms with E-state index in [0.29, 0.717) is 24.6 Å². The molecule has 1 aliphatic heterocycles. The second kappa shape index (κ2) is 7.07. The van der Waals surface area contributed by atoms with Crippen molar-refractivity contribution in [1.29, 1.82) is 0 Å². The molecule has 0 spiro atoms. The summed E-state index contributed by atoms with van der Waals surface area (Å²) < 4.78 is 1.92. The SMILES string of the molecule is Cc1cc(C(=O)NCCc2nnc3ccccn23)nc(N2CCCC2)n1. The molecule has 0 aromatic carbocycles. The molecule has 4 heterocycles. The molecule has 4 rings (SSSR count). The van der Waals surface area contributed by atoms with E-state index in [1.54, 1.807) is 6.07 Å². The molecular formula is C18H21N7O. The highest BCUT2D eigenvalue weighted by Gasteiger charge is 2.18. The first-order valence-electron chi connectivity index (χ1n) is 8.88. The van der Waals surface area contributed by atoms with Crippen LogP contribution >= 0.6 is 0 Å². The Balaban J connectivity index is 1.41. The minimum atomic E-state index is -0.190. The molecule has 0 unspecified atom stereocenters. The van der Waals surface area contributed by atoms with Crippen molar-refractivity contribution in [2.24, 2.45) is 0 Å². The van der Waals surface area contributed by atoms with Crippen LogP contribution in [0.25, 0.3) is 5.65 Å². The van der Waals surface area contributed by atoms with E-state index < -0.39 is 0 Å². The Hall–Kier alpha value is -3.03. The molecule has 134 valence electrons. The average Bonchev–Trinajstić information content (AvgIpc) is 3.31. The number of nitrogens with one attached hydrogen (secondary N) is 1. The van der Waals surface area contributed by atoms with E-state index in [0.717, 1.165) is 43.1 Å². The second-order valence-corrected chi connectivity index (χ2v) is 6.44. The highest BCUT2D eigenvalue weighted by molar-refractivity contribution is 5.92. The van der Waals surface area contributed by atoms with Crippen molar-refractivity contribution in [2.45, 2.75) is 26.2 Å². The number of hydrogen-bond donors (Lipinski definition) is 1. The van der Waals surface area contributed by atoms with Gasteiger partial charge >= 0.3 is 0 Å². The van der Waals surface area contributed by atoms with Gasteiger partial charge in [-0.1, -0.05) is 6.07 Å². The van der Waals surface area contributed by atoms with Gasteiger partial charge in [-0.05, 0) is 38.0 Å². The van der Waals surface area contributed by atoms with Gasteiger partial charge in [0.2, 0.25) is 5.95 Å². The van der Waals surface area contributed by atoms with Crippen LogP contribution in [0.5, 0.6) is 0 Å². The summed E-state index contributed by atoms with van der Waals surface area (Å²) in [4.78, 5) is 23.5. The highest BCUT2D eigenvalue weighted by atomic mass is 16.1. The molecule has 3 aromatic rings. The standard InChI is InChI=1S/C18H21N7O/c1-13-12-14(21-18(20-13)24-9-4-5-10-24)17(26)19-8-7-16-23-22-15-6-2-3-11-25(15)16/h2-3,6,11-12H,4-5,7-10H2,1H3,(H,19,26). The summed E-state index contributed by atoms with van der Waals surface area (Å²) in [5.41, 5.74) is 2.01. The van der Waals surface area contributed by atoms with Crippen molar-refractivity contribution in [3.63, 3.8) is 0 Å². The molecule has 1 saturated heterocycles.